The second-order valence-electron chi connectivity index (χ2n) is 7.25. The maximum Gasteiger partial charge on any atom is 0.325 e. The van der Waals surface area contributed by atoms with Crippen LogP contribution in [0.25, 0.3) is 0 Å². The predicted molar refractivity (Wildman–Crippen MR) is 97.1 cm³/mol. The van der Waals surface area contributed by atoms with Crippen LogP contribution in [0.2, 0.25) is 0 Å². The maximum absolute atomic E-state index is 13.1. The van der Waals surface area contributed by atoms with Crippen molar-refractivity contribution in [2.24, 2.45) is 5.92 Å². The number of imide groups is 1. The largest absolute Gasteiger partial charge is 0.494 e. The molecule has 2 aliphatic rings. The van der Waals surface area contributed by atoms with Crippen molar-refractivity contribution in [2.75, 3.05) is 6.61 Å². The number of benzene rings is 1. The van der Waals surface area contributed by atoms with Crippen LogP contribution in [-0.4, -0.2) is 34.8 Å². The third-order valence-electron chi connectivity index (χ3n) is 5.60. The van der Waals surface area contributed by atoms with E-state index in [1.807, 2.05) is 13.8 Å². The van der Waals surface area contributed by atoms with Crippen molar-refractivity contribution in [1.29, 1.82) is 0 Å². The molecule has 3 amide bonds. The zero-order chi connectivity index (χ0) is 18.9. The number of hydrogen-bond acceptors (Lipinski definition) is 4. The lowest BCUT2D eigenvalue weighted by Crippen LogP contribution is -2.53. The number of nitrogens with zero attached hydrogens (tertiary/aromatic N) is 1. The lowest BCUT2D eigenvalue weighted by atomic mass is 9.73. The number of carbonyl (C=O) groups excluding carboxylic acids is 3. The molecule has 6 heteroatoms. The van der Waals surface area contributed by atoms with Crippen LogP contribution in [-0.2, 0) is 11.3 Å². The number of rotatable bonds is 5. The molecule has 0 radical (unpaired) electrons. The fraction of sp³-hybridized carbons (Fsp3) is 0.550. The zero-order valence-electron chi connectivity index (χ0n) is 15.6. The Bertz CT molecular complexity index is 745. The monoisotopic (exact) mass is 358 g/mol. The number of Topliss-reactive ketones (excluding diaryl/α,β-unsaturated/α-hetero) is 1. The Balaban J connectivity index is 1.91. The molecule has 3 rings (SSSR count). The van der Waals surface area contributed by atoms with Crippen LogP contribution in [0, 0.1) is 5.92 Å². The first-order valence-electron chi connectivity index (χ1n) is 9.30. The van der Waals surface area contributed by atoms with Gasteiger partial charge in [0.2, 0.25) is 0 Å². The van der Waals surface area contributed by atoms with Gasteiger partial charge in [-0.05, 0) is 50.8 Å². The average Bonchev–Trinajstić information content (AvgIpc) is 2.84. The van der Waals surface area contributed by atoms with Crippen LogP contribution < -0.4 is 10.1 Å². The number of hydrogen-bond donors (Lipinski definition) is 1. The van der Waals surface area contributed by atoms with E-state index in [-0.39, 0.29) is 30.2 Å². The normalized spacial score (nSPS) is 25.5. The van der Waals surface area contributed by atoms with Crippen molar-refractivity contribution in [3.8, 4) is 5.75 Å². The van der Waals surface area contributed by atoms with Crippen molar-refractivity contribution in [1.82, 2.24) is 10.2 Å². The Morgan fingerprint density at radius 1 is 1.35 bits per heavy atom. The van der Waals surface area contributed by atoms with Gasteiger partial charge in [0, 0.05) is 11.1 Å². The second-order valence-corrected chi connectivity index (χ2v) is 7.25. The van der Waals surface area contributed by atoms with E-state index in [4.69, 9.17) is 4.74 Å². The molecule has 1 N–H and O–H groups in total. The molecule has 1 aliphatic heterocycles. The van der Waals surface area contributed by atoms with E-state index in [2.05, 4.69) is 5.32 Å². The maximum atomic E-state index is 13.1. The van der Waals surface area contributed by atoms with Crippen molar-refractivity contribution in [3.05, 3.63) is 29.3 Å². The average molecular weight is 358 g/mol. The SMILES string of the molecule is CCOc1ccc(C(C)=O)cc1CN1C(=O)N[C@@]2(CCCC[C@H]2C)C1=O. The molecule has 2 fully saturated rings. The molecule has 0 bridgehead atoms. The predicted octanol–water partition coefficient (Wildman–Crippen LogP) is 3.29. The highest BCUT2D eigenvalue weighted by Gasteiger charge is 2.54. The molecule has 2 atom stereocenters. The Kier molecular flexibility index (Phi) is 5.03. The van der Waals surface area contributed by atoms with Crippen LogP contribution in [0.5, 0.6) is 5.75 Å². The Morgan fingerprint density at radius 2 is 2.12 bits per heavy atom. The van der Waals surface area contributed by atoms with E-state index in [0.717, 1.165) is 19.3 Å². The molecule has 1 saturated heterocycles. The van der Waals surface area contributed by atoms with E-state index in [1.165, 1.54) is 11.8 Å². The van der Waals surface area contributed by atoms with Crippen molar-refractivity contribution in [3.63, 3.8) is 0 Å². The third-order valence-corrected chi connectivity index (χ3v) is 5.60. The molecule has 1 aromatic carbocycles. The Hall–Kier alpha value is -2.37. The fourth-order valence-electron chi connectivity index (χ4n) is 4.03. The highest BCUT2D eigenvalue weighted by Crippen LogP contribution is 2.39. The van der Waals surface area contributed by atoms with Gasteiger partial charge in [0.05, 0.1) is 13.2 Å². The first-order valence-corrected chi connectivity index (χ1v) is 9.30. The lowest BCUT2D eigenvalue weighted by Gasteiger charge is -2.36. The molecular weight excluding hydrogens is 332 g/mol. The topological polar surface area (TPSA) is 75.7 Å². The Morgan fingerprint density at radius 3 is 2.77 bits per heavy atom. The van der Waals surface area contributed by atoms with Gasteiger partial charge in [-0.15, -0.1) is 0 Å². The summed E-state index contributed by atoms with van der Waals surface area (Å²) in [7, 11) is 0. The molecule has 1 aliphatic carbocycles. The standard InChI is InChI=1S/C20H26N2O4/c1-4-26-17-9-8-15(14(3)23)11-16(17)12-22-18(24)20(21-19(22)25)10-6-5-7-13(20)2/h8-9,11,13H,4-7,10,12H2,1-3H3,(H,21,25)/t13-,20-/m1/s1. The number of nitrogens with one attached hydrogen (secondary N) is 1. The summed E-state index contributed by atoms with van der Waals surface area (Å²) in [4.78, 5) is 38.7. The molecular formula is C20H26N2O4. The van der Waals surface area contributed by atoms with Gasteiger partial charge in [0.25, 0.3) is 5.91 Å². The lowest BCUT2D eigenvalue weighted by molar-refractivity contribution is -0.134. The summed E-state index contributed by atoms with van der Waals surface area (Å²) >= 11 is 0. The molecule has 1 saturated carbocycles. The second kappa shape index (κ2) is 7.09. The summed E-state index contributed by atoms with van der Waals surface area (Å²) in [5.41, 5.74) is 0.430. The number of ketones is 1. The third kappa shape index (κ3) is 3.08. The first kappa shape index (κ1) is 18.4. The molecule has 6 nitrogen and oxygen atoms in total. The highest BCUT2D eigenvalue weighted by atomic mass is 16.5. The summed E-state index contributed by atoms with van der Waals surface area (Å²) in [6.45, 7) is 5.97. The molecule has 1 aromatic rings. The van der Waals surface area contributed by atoms with Crippen molar-refractivity contribution in [2.45, 2.75) is 58.5 Å². The van der Waals surface area contributed by atoms with Gasteiger partial charge < -0.3 is 10.1 Å². The molecule has 0 aromatic heterocycles. The van der Waals surface area contributed by atoms with E-state index < -0.39 is 5.54 Å². The number of ether oxygens (including phenoxy) is 1. The summed E-state index contributed by atoms with van der Waals surface area (Å²) in [6, 6.07) is 4.78. The summed E-state index contributed by atoms with van der Waals surface area (Å²) in [5, 5.41) is 2.96. The van der Waals surface area contributed by atoms with E-state index >= 15 is 0 Å². The van der Waals surface area contributed by atoms with Crippen LogP contribution in [0.1, 0.15) is 62.4 Å². The summed E-state index contributed by atoms with van der Waals surface area (Å²) < 4.78 is 5.63. The zero-order valence-corrected chi connectivity index (χ0v) is 15.6. The molecule has 0 unspecified atom stereocenters. The number of urea groups is 1. The minimum atomic E-state index is -0.778. The van der Waals surface area contributed by atoms with Crippen LogP contribution in [0.4, 0.5) is 4.79 Å². The highest BCUT2D eigenvalue weighted by molar-refractivity contribution is 6.07. The van der Waals surface area contributed by atoms with Crippen LogP contribution >= 0.6 is 0 Å². The van der Waals surface area contributed by atoms with Gasteiger partial charge in [-0.2, -0.15) is 0 Å². The molecule has 1 heterocycles. The number of amides is 3. The van der Waals surface area contributed by atoms with Crippen LogP contribution in [0.15, 0.2) is 18.2 Å². The molecule has 26 heavy (non-hydrogen) atoms. The van der Waals surface area contributed by atoms with Gasteiger partial charge in [-0.25, -0.2) is 4.79 Å². The minimum absolute atomic E-state index is 0.0659. The smallest absolute Gasteiger partial charge is 0.325 e. The fourth-order valence-corrected chi connectivity index (χ4v) is 4.03. The minimum Gasteiger partial charge on any atom is -0.494 e. The van der Waals surface area contributed by atoms with Gasteiger partial charge >= 0.3 is 6.03 Å². The Labute approximate surface area is 153 Å². The van der Waals surface area contributed by atoms with E-state index in [1.54, 1.807) is 18.2 Å². The van der Waals surface area contributed by atoms with Gasteiger partial charge in [-0.1, -0.05) is 19.8 Å². The van der Waals surface area contributed by atoms with Gasteiger partial charge in [0.15, 0.2) is 5.78 Å². The first-order chi connectivity index (χ1) is 12.4. The van der Waals surface area contributed by atoms with E-state index in [0.29, 0.717) is 29.9 Å². The quantitative estimate of drug-likeness (QED) is 0.647. The van der Waals surface area contributed by atoms with Gasteiger partial charge in [0.1, 0.15) is 11.3 Å². The summed E-state index contributed by atoms with van der Waals surface area (Å²) in [5.74, 6) is 0.484. The van der Waals surface area contributed by atoms with Crippen molar-refractivity contribution >= 4 is 17.7 Å². The van der Waals surface area contributed by atoms with Gasteiger partial charge in [-0.3, -0.25) is 14.5 Å². The number of carbonyl (C=O) groups is 3. The molecule has 1 spiro atoms. The van der Waals surface area contributed by atoms with Crippen LogP contribution in [0.3, 0.4) is 0 Å². The summed E-state index contributed by atoms with van der Waals surface area (Å²) in [6.07, 6.45) is 3.64. The van der Waals surface area contributed by atoms with E-state index in [9.17, 15) is 14.4 Å². The van der Waals surface area contributed by atoms with Crippen molar-refractivity contribution < 1.29 is 19.1 Å². The molecule has 140 valence electrons.